The van der Waals surface area contributed by atoms with Crippen molar-refractivity contribution in [1.82, 2.24) is 0 Å². The molecule has 0 saturated carbocycles. The third kappa shape index (κ3) is 2.38. The maximum absolute atomic E-state index is 10.3. The Bertz CT molecular complexity index is 313. The van der Waals surface area contributed by atoms with Gasteiger partial charge in [-0.2, -0.15) is 0 Å². The van der Waals surface area contributed by atoms with E-state index in [9.17, 15) is 4.79 Å². The van der Waals surface area contributed by atoms with Gasteiger partial charge in [-0.05, 0) is 12.1 Å². The summed E-state index contributed by atoms with van der Waals surface area (Å²) in [5, 5.41) is 35.0. The number of aromatic carboxylic acids is 1. The van der Waals surface area contributed by atoms with Crippen LogP contribution in [0.5, 0.6) is 17.2 Å². The van der Waals surface area contributed by atoms with Crippen molar-refractivity contribution in [3.63, 3.8) is 0 Å². The van der Waals surface area contributed by atoms with Crippen molar-refractivity contribution in [2.45, 2.75) is 0 Å². The molecule has 4 N–H and O–H groups in total. The van der Waals surface area contributed by atoms with Gasteiger partial charge < -0.3 is 20.4 Å². The first-order valence-electron chi connectivity index (χ1n) is 3.00. The van der Waals surface area contributed by atoms with Gasteiger partial charge in [0.15, 0.2) is 17.2 Å². The minimum Gasteiger partial charge on any atom is -0.504 e. The molecular formula is C7H6AgO5. The number of benzene rings is 1. The zero-order valence-electron chi connectivity index (χ0n) is 6.15. The molecule has 1 rings (SSSR count). The fourth-order valence-electron chi connectivity index (χ4n) is 0.728. The summed E-state index contributed by atoms with van der Waals surface area (Å²) in [6, 6.07) is 1.69. The van der Waals surface area contributed by atoms with Crippen LogP contribution in [-0.2, 0) is 22.4 Å². The molecule has 0 bridgehead atoms. The third-order valence-electron chi connectivity index (χ3n) is 1.32. The Labute approximate surface area is 88.8 Å². The third-order valence-corrected chi connectivity index (χ3v) is 1.32. The summed E-state index contributed by atoms with van der Waals surface area (Å²) in [5.41, 5.74) is -0.289. The Balaban J connectivity index is 0.00000144. The largest absolute Gasteiger partial charge is 0.504 e. The summed E-state index contributed by atoms with van der Waals surface area (Å²) in [6.07, 6.45) is 0. The van der Waals surface area contributed by atoms with E-state index >= 15 is 0 Å². The quantitative estimate of drug-likeness (QED) is 0.443. The second kappa shape index (κ2) is 4.18. The summed E-state index contributed by atoms with van der Waals surface area (Å²) in [6.45, 7) is 0. The molecule has 75 valence electrons. The van der Waals surface area contributed by atoms with Crippen LogP contribution in [0, 0.1) is 0 Å². The van der Waals surface area contributed by atoms with Crippen molar-refractivity contribution in [3.05, 3.63) is 17.7 Å². The Morgan fingerprint density at radius 3 is 1.77 bits per heavy atom. The van der Waals surface area contributed by atoms with Gasteiger partial charge in [-0.25, -0.2) is 4.79 Å². The Morgan fingerprint density at radius 1 is 1.08 bits per heavy atom. The van der Waals surface area contributed by atoms with Crippen LogP contribution in [0.2, 0.25) is 0 Å². The molecule has 0 atom stereocenters. The zero-order chi connectivity index (χ0) is 9.30. The van der Waals surface area contributed by atoms with Crippen LogP contribution in [0.1, 0.15) is 10.4 Å². The van der Waals surface area contributed by atoms with Crippen molar-refractivity contribution in [3.8, 4) is 17.2 Å². The van der Waals surface area contributed by atoms with Gasteiger partial charge in [0.25, 0.3) is 0 Å². The number of carbonyl (C=O) groups is 1. The van der Waals surface area contributed by atoms with Crippen molar-refractivity contribution < 1.29 is 47.6 Å². The smallest absolute Gasteiger partial charge is 0.335 e. The number of rotatable bonds is 1. The summed E-state index contributed by atoms with van der Waals surface area (Å²) in [4.78, 5) is 10.3. The summed E-state index contributed by atoms with van der Waals surface area (Å²) in [7, 11) is 0. The molecule has 1 aromatic carbocycles. The van der Waals surface area contributed by atoms with Crippen LogP contribution in [0.15, 0.2) is 12.1 Å². The van der Waals surface area contributed by atoms with Crippen LogP contribution >= 0.6 is 0 Å². The molecule has 13 heavy (non-hydrogen) atoms. The van der Waals surface area contributed by atoms with E-state index in [1.54, 1.807) is 0 Å². The van der Waals surface area contributed by atoms with E-state index in [0.29, 0.717) is 0 Å². The molecule has 0 heterocycles. The molecule has 0 aromatic heterocycles. The van der Waals surface area contributed by atoms with Gasteiger partial charge in [0.05, 0.1) is 5.56 Å². The minimum atomic E-state index is -1.29. The monoisotopic (exact) mass is 277 g/mol. The number of carboxylic acid groups (broad SMARTS) is 1. The first-order chi connectivity index (χ1) is 5.52. The Hall–Kier alpha value is -1.17. The van der Waals surface area contributed by atoms with Gasteiger partial charge in [-0.15, -0.1) is 0 Å². The minimum absolute atomic E-state index is 0. The Morgan fingerprint density at radius 2 is 1.46 bits per heavy atom. The van der Waals surface area contributed by atoms with Crippen LogP contribution in [0.4, 0.5) is 0 Å². The average molecular weight is 278 g/mol. The van der Waals surface area contributed by atoms with Gasteiger partial charge in [-0.3, -0.25) is 0 Å². The SMILES string of the molecule is O=C(O)c1cc(O)c(O)c(O)c1.[Ag]. The van der Waals surface area contributed by atoms with Crippen molar-refractivity contribution in [1.29, 1.82) is 0 Å². The number of phenolic OH excluding ortho intramolecular Hbond substituents is 3. The maximum atomic E-state index is 10.3. The molecule has 0 aliphatic heterocycles. The standard InChI is InChI=1S/C7H6O5.Ag/c8-4-1-3(7(11)12)2-5(9)6(4)10;/h1-2,8-10H,(H,11,12);. The molecule has 0 aliphatic rings. The molecule has 0 amide bonds. The molecular weight excluding hydrogens is 272 g/mol. The van der Waals surface area contributed by atoms with Crippen molar-refractivity contribution in [2.75, 3.05) is 0 Å². The first kappa shape index (κ1) is 11.8. The number of phenols is 3. The van der Waals surface area contributed by atoms with Crippen LogP contribution in [0.25, 0.3) is 0 Å². The van der Waals surface area contributed by atoms with Crippen LogP contribution < -0.4 is 0 Å². The number of hydrogen-bond acceptors (Lipinski definition) is 4. The zero-order valence-corrected chi connectivity index (χ0v) is 7.64. The van der Waals surface area contributed by atoms with E-state index in [2.05, 4.69) is 0 Å². The average Bonchev–Trinajstić information content (AvgIpc) is 1.99. The fourth-order valence-corrected chi connectivity index (χ4v) is 0.728. The van der Waals surface area contributed by atoms with Gasteiger partial charge in [-0.1, -0.05) is 0 Å². The summed E-state index contributed by atoms with van der Waals surface area (Å²) < 4.78 is 0. The summed E-state index contributed by atoms with van der Waals surface area (Å²) >= 11 is 0. The predicted octanol–water partition coefficient (Wildman–Crippen LogP) is 0.499. The van der Waals surface area contributed by atoms with E-state index in [4.69, 9.17) is 20.4 Å². The van der Waals surface area contributed by atoms with Crippen molar-refractivity contribution in [2.24, 2.45) is 0 Å². The first-order valence-corrected chi connectivity index (χ1v) is 3.00. The van der Waals surface area contributed by atoms with Gasteiger partial charge in [0.1, 0.15) is 0 Å². The Kier molecular flexibility index (Phi) is 3.80. The van der Waals surface area contributed by atoms with E-state index in [-0.39, 0.29) is 27.9 Å². The van der Waals surface area contributed by atoms with Crippen LogP contribution in [-0.4, -0.2) is 26.4 Å². The van der Waals surface area contributed by atoms with Gasteiger partial charge in [0, 0.05) is 22.4 Å². The van der Waals surface area contributed by atoms with E-state index in [0.717, 1.165) is 12.1 Å². The van der Waals surface area contributed by atoms with E-state index in [1.165, 1.54) is 0 Å². The molecule has 0 saturated heterocycles. The molecule has 5 nitrogen and oxygen atoms in total. The molecule has 0 spiro atoms. The number of aromatic hydroxyl groups is 3. The maximum Gasteiger partial charge on any atom is 0.335 e. The van der Waals surface area contributed by atoms with E-state index in [1.807, 2.05) is 0 Å². The van der Waals surface area contributed by atoms with Gasteiger partial charge >= 0.3 is 5.97 Å². The molecule has 1 aromatic rings. The molecule has 0 aliphatic carbocycles. The topological polar surface area (TPSA) is 98.0 Å². The summed E-state index contributed by atoms with van der Waals surface area (Å²) in [5.74, 6) is -3.33. The van der Waals surface area contributed by atoms with Gasteiger partial charge in [0.2, 0.25) is 0 Å². The van der Waals surface area contributed by atoms with Crippen LogP contribution in [0.3, 0.4) is 0 Å². The molecule has 0 fully saturated rings. The predicted molar refractivity (Wildman–Crippen MR) is 38.4 cm³/mol. The second-order valence-corrected chi connectivity index (χ2v) is 2.17. The molecule has 1 radical (unpaired) electrons. The number of carboxylic acids is 1. The molecule has 6 heteroatoms. The van der Waals surface area contributed by atoms with E-state index < -0.39 is 23.2 Å². The van der Waals surface area contributed by atoms with Crippen molar-refractivity contribution >= 4 is 5.97 Å². The normalized spacial score (nSPS) is 8.92. The molecule has 0 unspecified atom stereocenters. The number of hydrogen-bond donors (Lipinski definition) is 4. The fraction of sp³-hybridized carbons (Fsp3) is 0. The second-order valence-electron chi connectivity index (χ2n) is 2.17.